The molecule has 1 aromatic rings. The van der Waals surface area contributed by atoms with E-state index in [1.54, 1.807) is 0 Å². The average molecular weight is 191 g/mol. The van der Waals surface area contributed by atoms with Crippen LogP contribution in [0.3, 0.4) is 0 Å². The minimum absolute atomic E-state index is 0.0853. The van der Waals surface area contributed by atoms with E-state index in [0.29, 0.717) is 0 Å². The summed E-state index contributed by atoms with van der Waals surface area (Å²) in [6.45, 7) is 2.16. The maximum atomic E-state index is 9.55. The van der Waals surface area contributed by atoms with Crippen molar-refractivity contribution in [3.63, 3.8) is 0 Å². The number of azide groups is 1. The highest BCUT2D eigenvalue weighted by atomic mass is 16.3. The Morgan fingerprint density at radius 1 is 1.43 bits per heavy atom. The molecule has 0 aliphatic carbocycles. The highest BCUT2D eigenvalue weighted by Crippen LogP contribution is 2.14. The normalized spacial score (nSPS) is 11.9. The topological polar surface area (TPSA) is 69.0 Å². The first-order valence-corrected chi connectivity index (χ1v) is 4.55. The predicted octanol–water partition coefficient (Wildman–Crippen LogP) is 2.59. The Kier molecular flexibility index (Phi) is 3.98. The zero-order valence-electron chi connectivity index (χ0n) is 8.09. The molecule has 1 N–H and O–H groups in total. The van der Waals surface area contributed by atoms with Gasteiger partial charge in [-0.2, -0.15) is 0 Å². The molecule has 0 spiro atoms. The standard InChI is InChI=1S/C10H13N3O/c1-2-8-3-5-9(6-4-8)10(14)7-12-13-11/h3-6,10,14H,2,7H2,1H3/t10-/m1/s1. The molecular weight excluding hydrogens is 178 g/mol. The van der Waals surface area contributed by atoms with Crippen LogP contribution in [0.4, 0.5) is 0 Å². The summed E-state index contributed by atoms with van der Waals surface area (Å²) in [5.74, 6) is 0. The van der Waals surface area contributed by atoms with Crippen LogP contribution in [-0.2, 0) is 6.42 Å². The first kappa shape index (κ1) is 10.6. The summed E-state index contributed by atoms with van der Waals surface area (Å²) in [6, 6.07) is 7.65. The van der Waals surface area contributed by atoms with E-state index in [2.05, 4.69) is 16.9 Å². The molecule has 0 saturated carbocycles. The van der Waals surface area contributed by atoms with Crippen molar-refractivity contribution in [2.75, 3.05) is 6.54 Å². The molecule has 1 aromatic carbocycles. The number of hydrogen-bond acceptors (Lipinski definition) is 2. The Hall–Kier alpha value is -1.51. The van der Waals surface area contributed by atoms with Crippen molar-refractivity contribution in [3.8, 4) is 0 Å². The molecule has 0 radical (unpaired) electrons. The third-order valence-electron chi connectivity index (χ3n) is 2.09. The van der Waals surface area contributed by atoms with Crippen LogP contribution >= 0.6 is 0 Å². The SMILES string of the molecule is CCc1ccc([C@H](O)CN=[N+]=[N-])cc1. The van der Waals surface area contributed by atoms with E-state index in [9.17, 15) is 5.11 Å². The van der Waals surface area contributed by atoms with Crippen LogP contribution in [0, 0.1) is 0 Å². The first-order valence-electron chi connectivity index (χ1n) is 4.55. The van der Waals surface area contributed by atoms with Gasteiger partial charge in [0.05, 0.1) is 12.6 Å². The van der Waals surface area contributed by atoms with Gasteiger partial charge in [0.1, 0.15) is 0 Å². The molecule has 0 bridgehead atoms. The average Bonchev–Trinajstić information content (AvgIpc) is 2.26. The second-order valence-corrected chi connectivity index (χ2v) is 3.02. The van der Waals surface area contributed by atoms with Crippen molar-refractivity contribution >= 4 is 0 Å². The van der Waals surface area contributed by atoms with Gasteiger partial charge < -0.3 is 5.11 Å². The fraction of sp³-hybridized carbons (Fsp3) is 0.400. The van der Waals surface area contributed by atoms with Gasteiger partial charge >= 0.3 is 0 Å². The summed E-state index contributed by atoms with van der Waals surface area (Å²) in [7, 11) is 0. The molecule has 14 heavy (non-hydrogen) atoms. The van der Waals surface area contributed by atoms with Crippen molar-refractivity contribution < 1.29 is 5.11 Å². The third-order valence-corrected chi connectivity index (χ3v) is 2.09. The van der Waals surface area contributed by atoms with Crippen LogP contribution in [-0.4, -0.2) is 11.7 Å². The first-order chi connectivity index (χ1) is 6.77. The van der Waals surface area contributed by atoms with Crippen molar-refractivity contribution in [2.45, 2.75) is 19.4 Å². The molecule has 1 atom stereocenters. The molecule has 0 aliphatic heterocycles. The Labute approximate surface area is 82.8 Å². The van der Waals surface area contributed by atoms with Gasteiger partial charge in [-0.3, -0.25) is 0 Å². The van der Waals surface area contributed by atoms with Gasteiger partial charge in [0.25, 0.3) is 0 Å². The van der Waals surface area contributed by atoms with E-state index >= 15 is 0 Å². The molecule has 4 heteroatoms. The van der Waals surface area contributed by atoms with E-state index in [-0.39, 0.29) is 6.54 Å². The van der Waals surface area contributed by atoms with Crippen molar-refractivity contribution in [1.29, 1.82) is 0 Å². The van der Waals surface area contributed by atoms with Gasteiger partial charge in [-0.1, -0.05) is 36.3 Å². The molecule has 0 aliphatic rings. The molecule has 0 amide bonds. The molecule has 74 valence electrons. The number of benzene rings is 1. The monoisotopic (exact) mass is 191 g/mol. The summed E-state index contributed by atoms with van der Waals surface area (Å²) in [4.78, 5) is 2.60. The number of nitrogens with zero attached hydrogens (tertiary/aromatic N) is 3. The van der Waals surface area contributed by atoms with Gasteiger partial charge in [-0.05, 0) is 23.1 Å². The van der Waals surface area contributed by atoms with Gasteiger partial charge in [0.15, 0.2) is 0 Å². The van der Waals surface area contributed by atoms with Gasteiger partial charge in [-0.15, -0.1) is 0 Å². The van der Waals surface area contributed by atoms with Crippen LogP contribution in [0.2, 0.25) is 0 Å². The van der Waals surface area contributed by atoms with Crippen LogP contribution in [0.15, 0.2) is 29.4 Å². The van der Waals surface area contributed by atoms with Gasteiger partial charge in [0.2, 0.25) is 0 Å². The Bertz CT molecular complexity index is 328. The lowest BCUT2D eigenvalue weighted by Gasteiger charge is -2.07. The highest BCUT2D eigenvalue weighted by molar-refractivity contribution is 5.24. The Morgan fingerprint density at radius 3 is 2.57 bits per heavy atom. The lowest BCUT2D eigenvalue weighted by molar-refractivity contribution is 0.187. The van der Waals surface area contributed by atoms with E-state index in [0.717, 1.165) is 12.0 Å². The number of aliphatic hydroxyl groups is 1. The van der Waals surface area contributed by atoms with E-state index in [1.165, 1.54) is 5.56 Å². The Morgan fingerprint density at radius 2 is 2.07 bits per heavy atom. The summed E-state index contributed by atoms with van der Waals surface area (Å²) >= 11 is 0. The van der Waals surface area contributed by atoms with Crippen LogP contribution in [0.1, 0.15) is 24.2 Å². The minimum atomic E-state index is -0.697. The number of aryl methyl sites for hydroxylation is 1. The second-order valence-electron chi connectivity index (χ2n) is 3.02. The predicted molar refractivity (Wildman–Crippen MR) is 54.8 cm³/mol. The second kappa shape index (κ2) is 5.27. The summed E-state index contributed by atoms with van der Waals surface area (Å²) in [6.07, 6.45) is 0.281. The van der Waals surface area contributed by atoms with Crippen molar-refractivity contribution in [1.82, 2.24) is 0 Å². The molecule has 0 unspecified atom stereocenters. The highest BCUT2D eigenvalue weighted by Gasteiger charge is 2.04. The molecule has 0 heterocycles. The molecular formula is C10H13N3O. The molecule has 1 rings (SSSR count). The van der Waals surface area contributed by atoms with E-state index in [4.69, 9.17) is 5.53 Å². The number of rotatable bonds is 4. The van der Waals surface area contributed by atoms with Crippen molar-refractivity contribution in [3.05, 3.63) is 45.8 Å². The lowest BCUT2D eigenvalue weighted by atomic mass is 10.1. The Balaban J connectivity index is 2.70. The maximum Gasteiger partial charge on any atom is 0.0846 e. The zero-order chi connectivity index (χ0) is 10.4. The van der Waals surface area contributed by atoms with Crippen LogP contribution in [0.25, 0.3) is 10.4 Å². The molecule has 0 fully saturated rings. The molecule has 0 saturated heterocycles. The fourth-order valence-corrected chi connectivity index (χ4v) is 1.19. The van der Waals surface area contributed by atoms with Crippen molar-refractivity contribution in [2.24, 2.45) is 5.11 Å². The number of aliphatic hydroxyl groups excluding tert-OH is 1. The van der Waals surface area contributed by atoms with Crippen LogP contribution in [0.5, 0.6) is 0 Å². The number of hydrogen-bond donors (Lipinski definition) is 1. The van der Waals surface area contributed by atoms with Crippen LogP contribution < -0.4 is 0 Å². The minimum Gasteiger partial charge on any atom is -0.388 e. The van der Waals surface area contributed by atoms with E-state index < -0.39 is 6.10 Å². The quantitative estimate of drug-likeness (QED) is 0.443. The third kappa shape index (κ3) is 2.76. The van der Waals surface area contributed by atoms with Gasteiger partial charge in [-0.25, -0.2) is 0 Å². The summed E-state index contributed by atoms with van der Waals surface area (Å²) in [5, 5.41) is 12.9. The zero-order valence-corrected chi connectivity index (χ0v) is 8.09. The lowest BCUT2D eigenvalue weighted by Crippen LogP contribution is -2.00. The maximum absolute atomic E-state index is 9.55. The van der Waals surface area contributed by atoms with Gasteiger partial charge in [0, 0.05) is 4.91 Å². The summed E-state index contributed by atoms with van der Waals surface area (Å²) in [5.41, 5.74) is 10.1. The van der Waals surface area contributed by atoms with E-state index in [1.807, 2.05) is 24.3 Å². The largest absolute Gasteiger partial charge is 0.388 e. The molecule has 4 nitrogen and oxygen atoms in total. The smallest absolute Gasteiger partial charge is 0.0846 e. The summed E-state index contributed by atoms with van der Waals surface area (Å²) < 4.78 is 0. The fourth-order valence-electron chi connectivity index (χ4n) is 1.19. The molecule has 0 aromatic heterocycles.